The van der Waals surface area contributed by atoms with Gasteiger partial charge in [-0.05, 0) is 18.8 Å². The van der Waals surface area contributed by atoms with Crippen molar-refractivity contribution in [3.8, 4) is 0 Å². The number of aliphatic hydroxyl groups excluding tert-OH is 1. The van der Waals surface area contributed by atoms with Crippen LogP contribution in [-0.4, -0.2) is 36.4 Å². The van der Waals surface area contributed by atoms with E-state index in [1.807, 2.05) is 0 Å². The molecule has 0 aliphatic rings. The highest BCUT2D eigenvalue weighted by Gasteiger charge is 2.16. The van der Waals surface area contributed by atoms with Crippen LogP contribution in [0, 0.1) is 5.92 Å². The highest BCUT2D eigenvalue weighted by Crippen LogP contribution is 2.16. The summed E-state index contributed by atoms with van der Waals surface area (Å²) in [5, 5.41) is 9.56. The molecule has 0 heterocycles. The van der Waals surface area contributed by atoms with Crippen LogP contribution in [0.4, 0.5) is 0 Å². The molecule has 0 amide bonds. The van der Waals surface area contributed by atoms with E-state index in [2.05, 4.69) is 20.8 Å². The molecule has 0 saturated carbocycles. The number of aliphatic hydroxyl groups is 1. The van der Waals surface area contributed by atoms with Crippen LogP contribution >= 0.6 is 0 Å². The molecule has 0 aromatic rings. The molecule has 0 aliphatic heterocycles. The highest BCUT2D eigenvalue weighted by molar-refractivity contribution is 5.70. The zero-order valence-electron chi connectivity index (χ0n) is 32.0. The van der Waals surface area contributed by atoms with E-state index in [9.17, 15) is 14.7 Å². The summed E-state index contributed by atoms with van der Waals surface area (Å²) in [4.78, 5) is 24.3. The van der Waals surface area contributed by atoms with Gasteiger partial charge in [-0.3, -0.25) is 9.59 Å². The Hall–Kier alpha value is -1.10. The van der Waals surface area contributed by atoms with Crippen LogP contribution in [0.2, 0.25) is 0 Å². The smallest absolute Gasteiger partial charge is 0.306 e. The summed E-state index contributed by atoms with van der Waals surface area (Å²) < 4.78 is 10.6. The van der Waals surface area contributed by atoms with E-state index in [0.717, 1.165) is 38.0 Å². The lowest BCUT2D eigenvalue weighted by molar-refractivity contribution is -0.161. The fraction of sp³-hybridized carbons (Fsp3) is 0.952. The molecule has 0 unspecified atom stereocenters. The Morgan fingerprint density at radius 3 is 1.13 bits per heavy atom. The standard InChI is InChI=1S/C42H82O5/c1-4-5-6-7-8-9-10-11-12-13-18-21-24-27-30-33-36-42(45)47-40(37-43)38-46-41(44)35-32-29-26-23-20-17-15-14-16-19-22-25-28-31-34-39(2)3/h39-40,43H,4-38H2,1-3H3/t40-/m0/s1. The van der Waals surface area contributed by atoms with Crippen LogP contribution in [0.25, 0.3) is 0 Å². The molecule has 0 saturated heterocycles. The van der Waals surface area contributed by atoms with Crippen molar-refractivity contribution >= 4 is 11.9 Å². The molecule has 47 heavy (non-hydrogen) atoms. The van der Waals surface area contributed by atoms with Gasteiger partial charge in [-0.2, -0.15) is 0 Å². The average Bonchev–Trinajstić information content (AvgIpc) is 3.06. The molecule has 5 heteroatoms. The van der Waals surface area contributed by atoms with Gasteiger partial charge in [0.1, 0.15) is 6.61 Å². The van der Waals surface area contributed by atoms with Gasteiger partial charge in [0.25, 0.3) is 0 Å². The summed E-state index contributed by atoms with van der Waals surface area (Å²) in [6, 6.07) is 0. The van der Waals surface area contributed by atoms with Crippen LogP contribution in [0.3, 0.4) is 0 Å². The van der Waals surface area contributed by atoms with Gasteiger partial charge in [0.05, 0.1) is 6.61 Å². The lowest BCUT2D eigenvalue weighted by Crippen LogP contribution is -2.28. The summed E-state index contributed by atoms with van der Waals surface area (Å²) in [6.07, 6.45) is 40.2. The number of carbonyl (C=O) groups is 2. The minimum Gasteiger partial charge on any atom is -0.462 e. The van der Waals surface area contributed by atoms with Crippen LogP contribution < -0.4 is 0 Å². The summed E-state index contributed by atoms with van der Waals surface area (Å²) in [6.45, 7) is 6.53. The first-order valence-corrected chi connectivity index (χ1v) is 21.0. The molecule has 0 radical (unpaired) electrons. The van der Waals surface area contributed by atoms with E-state index >= 15 is 0 Å². The Morgan fingerprint density at radius 1 is 0.468 bits per heavy atom. The van der Waals surface area contributed by atoms with Crippen molar-refractivity contribution in [3.63, 3.8) is 0 Å². The van der Waals surface area contributed by atoms with Gasteiger partial charge in [-0.1, -0.05) is 207 Å². The summed E-state index contributed by atoms with van der Waals surface area (Å²) in [5.74, 6) is 0.278. The van der Waals surface area contributed by atoms with Crippen LogP contribution in [-0.2, 0) is 19.1 Å². The highest BCUT2D eigenvalue weighted by atomic mass is 16.6. The van der Waals surface area contributed by atoms with Gasteiger partial charge >= 0.3 is 11.9 Å². The zero-order chi connectivity index (χ0) is 34.5. The van der Waals surface area contributed by atoms with Crippen molar-refractivity contribution in [1.29, 1.82) is 0 Å². The second-order valence-corrected chi connectivity index (χ2v) is 14.9. The fourth-order valence-electron chi connectivity index (χ4n) is 6.39. The fourth-order valence-corrected chi connectivity index (χ4v) is 6.39. The van der Waals surface area contributed by atoms with Crippen molar-refractivity contribution in [2.75, 3.05) is 13.2 Å². The van der Waals surface area contributed by atoms with E-state index in [1.54, 1.807) is 0 Å². The van der Waals surface area contributed by atoms with Gasteiger partial charge in [-0.15, -0.1) is 0 Å². The topological polar surface area (TPSA) is 72.8 Å². The zero-order valence-corrected chi connectivity index (χ0v) is 32.0. The third-order valence-corrected chi connectivity index (χ3v) is 9.58. The van der Waals surface area contributed by atoms with Crippen molar-refractivity contribution in [1.82, 2.24) is 0 Å². The first-order chi connectivity index (χ1) is 23.0. The maximum Gasteiger partial charge on any atom is 0.306 e. The van der Waals surface area contributed by atoms with E-state index in [-0.39, 0.29) is 25.2 Å². The summed E-state index contributed by atoms with van der Waals surface area (Å²) in [7, 11) is 0. The van der Waals surface area contributed by atoms with Crippen molar-refractivity contribution < 1.29 is 24.2 Å². The Labute approximate surface area is 293 Å². The van der Waals surface area contributed by atoms with Gasteiger partial charge in [-0.25, -0.2) is 0 Å². The number of unbranched alkanes of at least 4 members (excludes halogenated alkanes) is 28. The first-order valence-electron chi connectivity index (χ1n) is 21.0. The molecular weight excluding hydrogens is 584 g/mol. The van der Waals surface area contributed by atoms with Crippen molar-refractivity contribution in [3.05, 3.63) is 0 Å². The Balaban J connectivity index is 3.48. The summed E-state index contributed by atoms with van der Waals surface area (Å²) >= 11 is 0. The number of ether oxygens (including phenoxy) is 2. The molecule has 1 N–H and O–H groups in total. The van der Waals surface area contributed by atoms with Gasteiger partial charge in [0.15, 0.2) is 6.10 Å². The molecule has 0 rings (SSSR count). The molecule has 0 spiro atoms. The molecule has 0 aliphatic carbocycles. The second-order valence-electron chi connectivity index (χ2n) is 14.9. The molecule has 280 valence electrons. The molecule has 0 fully saturated rings. The number of hydrogen-bond acceptors (Lipinski definition) is 5. The lowest BCUT2D eigenvalue weighted by Gasteiger charge is -2.15. The quantitative estimate of drug-likeness (QED) is 0.0524. The average molecular weight is 667 g/mol. The van der Waals surface area contributed by atoms with E-state index in [4.69, 9.17) is 9.47 Å². The van der Waals surface area contributed by atoms with Crippen LogP contribution in [0.15, 0.2) is 0 Å². The molecule has 0 aromatic heterocycles. The second kappa shape index (κ2) is 37.7. The number of rotatable bonds is 38. The maximum atomic E-state index is 12.2. The maximum absolute atomic E-state index is 12.2. The first kappa shape index (κ1) is 45.9. The van der Waals surface area contributed by atoms with Crippen molar-refractivity contribution in [2.45, 2.75) is 239 Å². The van der Waals surface area contributed by atoms with Gasteiger partial charge in [0, 0.05) is 12.8 Å². The minimum atomic E-state index is -0.762. The lowest BCUT2D eigenvalue weighted by atomic mass is 10.0. The molecule has 1 atom stereocenters. The minimum absolute atomic E-state index is 0.0574. The normalized spacial score (nSPS) is 12.1. The summed E-state index contributed by atoms with van der Waals surface area (Å²) in [5.41, 5.74) is 0. The van der Waals surface area contributed by atoms with E-state index in [0.29, 0.717) is 12.8 Å². The monoisotopic (exact) mass is 667 g/mol. The molecule has 0 aromatic carbocycles. The van der Waals surface area contributed by atoms with E-state index < -0.39 is 6.10 Å². The third-order valence-electron chi connectivity index (χ3n) is 9.58. The number of esters is 2. The molecule has 5 nitrogen and oxygen atoms in total. The Kier molecular flexibility index (Phi) is 36.8. The molecular formula is C42H82O5. The predicted molar refractivity (Wildman–Crippen MR) is 201 cm³/mol. The molecule has 0 bridgehead atoms. The Bertz CT molecular complexity index is 649. The van der Waals surface area contributed by atoms with Gasteiger partial charge in [0.2, 0.25) is 0 Å². The van der Waals surface area contributed by atoms with Crippen molar-refractivity contribution in [2.24, 2.45) is 5.92 Å². The van der Waals surface area contributed by atoms with Crippen LogP contribution in [0.1, 0.15) is 233 Å². The van der Waals surface area contributed by atoms with Gasteiger partial charge < -0.3 is 14.6 Å². The van der Waals surface area contributed by atoms with E-state index in [1.165, 1.54) is 167 Å². The largest absolute Gasteiger partial charge is 0.462 e. The Morgan fingerprint density at radius 2 is 0.787 bits per heavy atom. The van der Waals surface area contributed by atoms with Crippen LogP contribution in [0.5, 0.6) is 0 Å². The number of hydrogen-bond donors (Lipinski definition) is 1. The number of carbonyl (C=O) groups excluding carboxylic acids is 2. The third kappa shape index (κ3) is 37.6. The SMILES string of the molecule is CCCCCCCCCCCCCCCCCCC(=O)O[C@@H](CO)COC(=O)CCCCCCCCCCCCCCCCC(C)C. The predicted octanol–water partition coefficient (Wildman–Crippen LogP) is 13.0.